The molecule has 2 nitrogen and oxygen atoms in total. The molecule has 0 aliphatic rings. The number of nitriles is 1. The van der Waals surface area contributed by atoms with Gasteiger partial charge in [0.25, 0.3) is 0 Å². The zero-order valence-electron chi connectivity index (χ0n) is 9.37. The second kappa shape index (κ2) is 5.03. The summed E-state index contributed by atoms with van der Waals surface area (Å²) in [5.41, 5.74) is 3.86. The van der Waals surface area contributed by atoms with E-state index in [0.717, 1.165) is 15.8 Å². The fourth-order valence-corrected chi connectivity index (χ4v) is 1.84. The molecule has 0 bridgehead atoms. The minimum Gasteiger partial charge on any atom is -0.355 e. The van der Waals surface area contributed by atoms with Crippen LogP contribution in [0.15, 0.2) is 46.9 Å². The van der Waals surface area contributed by atoms with Crippen LogP contribution in [0.2, 0.25) is 0 Å². The predicted molar refractivity (Wildman–Crippen MR) is 73.3 cm³/mol. The molecule has 0 spiro atoms. The number of nitrogens with one attached hydrogen (secondary N) is 1. The number of aryl methyl sites for hydroxylation is 1. The number of anilines is 2. The van der Waals surface area contributed by atoms with Gasteiger partial charge in [0.2, 0.25) is 0 Å². The van der Waals surface area contributed by atoms with Crippen molar-refractivity contribution < 1.29 is 0 Å². The number of rotatable bonds is 2. The van der Waals surface area contributed by atoms with Crippen LogP contribution in [-0.4, -0.2) is 0 Å². The van der Waals surface area contributed by atoms with Gasteiger partial charge in [-0.15, -0.1) is 0 Å². The maximum absolute atomic E-state index is 8.71. The molecule has 3 heteroatoms. The first kappa shape index (κ1) is 11.7. The van der Waals surface area contributed by atoms with Crippen LogP contribution in [0.5, 0.6) is 0 Å². The molecule has 0 unspecified atom stereocenters. The molecule has 17 heavy (non-hydrogen) atoms. The minimum absolute atomic E-state index is 0.667. The molecule has 0 saturated heterocycles. The smallest absolute Gasteiger partial charge is 0.0991 e. The monoisotopic (exact) mass is 286 g/mol. The Morgan fingerprint density at radius 2 is 1.71 bits per heavy atom. The summed E-state index contributed by atoms with van der Waals surface area (Å²) < 4.78 is 1.08. The summed E-state index contributed by atoms with van der Waals surface area (Å²) >= 11 is 3.50. The molecule has 0 fully saturated rings. The van der Waals surface area contributed by atoms with Crippen molar-refractivity contribution in [3.05, 3.63) is 58.1 Å². The molecular weight excluding hydrogens is 276 g/mol. The maximum Gasteiger partial charge on any atom is 0.0991 e. The molecule has 2 aromatic carbocycles. The van der Waals surface area contributed by atoms with Gasteiger partial charge in [-0.2, -0.15) is 5.26 Å². The van der Waals surface area contributed by atoms with Crippen LogP contribution in [-0.2, 0) is 0 Å². The molecule has 0 atom stereocenters. The number of nitrogens with zero attached hydrogens (tertiary/aromatic N) is 1. The summed E-state index contributed by atoms with van der Waals surface area (Å²) in [6.45, 7) is 2.05. The first-order valence-electron chi connectivity index (χ1n) is 5.22. The van der Waals surface area contributed by atoms with Gasteiger partial charge in [-0.3, -0.25) is 0 Å². The summed E-state index contributed by atoms with van der Waals surface area (Å²) in [6.07, 6.45) is 0. The maximum atomic E-state index is 8.71. The summed E-state index contributed by atoms with van der Waals surface area (Å²) in [6, 6.07) is 15.6. The van der Waals surface area contributed by atoms with Gasteiger partial charge in [-0.05, 0) is 48.9 Å². The third kappa shape index (κ3) is 2.86. The summed E-state index contributed by atoms with van der Waals surface area (Å²) in [7, 11) is 0. The Labute approximate surface area is 109 Å². The Kier molecular flexibility index (Phi) is 3.46. The van der Waals surface area contributed by atoms with Crippen LogP contribution in [0, 0.1) is 18.3 Å². The normalized spacial score (nSPS) is 9.71. The van der Waals surface area contributed by atoms with Gasteiger partial charge in [0.15, 0.2) is 0 Å². The lowest BCUT2D eigenvalue weighted by molar-refractivity contribution is 1.41. The van der Waals surface area contributed by atoms with Crippen molar-refractivity contribution in [2.45, 2.75) is 6.92 Å². The molecule has 0 aliphatic heterocycles. The van der Waals surface area contributed by atoms with Crippen LogP contribution in [0.4, 0.5) is 11.4 Å². The molecule has 84 valence electrons. The Balaban J connectivity index is 2.20. The van der Waals surface area contributed by atoms with Gasteiger partial charge in [-0.1, -0.05) is 22.0 Å². The first-order chi connectivity index (χ1) is 8.19. The van der Waals surface area contributed by atoms with Gasteiger partial charge >= 0.3 is 0 Å². The lowest BCUT2D eigenvalue weighted by Crippen LogP contribution is -1.90. The summed E-state index contributed by atoms with van der Waals surface area (Å²) in [5.74, 6) is 0. The average molecular weight is 287 g/mol. The molecule has 2 rings (SSSR count). The molecule has 2 aromatic rings. The zero-order valence-corrected chi connectivity index (χ0v) is 11.0. The van der Waals surface area contributed by atoms with Crippen molar-refractivity contribution in [1.82, 2.24) is 0 Å². The highest BCUT2D eigenvalue weighted by Gasteiger charge is 1.98. The molecule has 0 amide bonds. The predicted octanol–water partition coefficient (Wildman–Crippen LogP) is 4.37. The van der Waals surface area contributed by atoms with Crippen molar-refractivity contribution >= 4 is 27.3 Å². The van der Waals surface area contributed by atoms with E-state index in [1.807, 2.05) is 24.3 Å². The van der Waals surface area contributed by atoms with Gasteiger partial charge in [0.1, 0.15) is 0 Å². The molecule has 1 N–H and O–H groups in total. The van der Waals surface area contributed by atoms with Crippen molar-refractivity contribution in [2.75, 3.05) is 5.32 Å². The second-order valence-corrected chi connectivity index (χ2v) is 4.63. The third-order valence-corrected chi connectivity index (χ3v) is 3.33. The van der Waals surface area contributed by atoms with E-state index in [-0.39, 0.29) is 0 Å². The van der Waals surface area contributed by atoms with Crippen LogP contribution in [0.25, 0.3) is 0 Å². The fraction of sp³-hybridized carbons (Fsp3) is 0.0714. The Hall–Kier alpha value is -1.79. The van der Waals surface area contributed by atoms with E-state index in [1.165, 1.54) is 5.56 Å². The van der Waals surface area contributed by atoms with E-state index >= 15 is 0 Å². The highest BCUT2D eigenvalue weighted by molar-refractivity contribution is 9.10. The molecule has 0 saturated carbocycles. The lowest BCUT2D eigenvalue weighted by Gasteiger charge is -2.08. The number of benzene rings is 2. The second-order valence-electron chi connectivity index (χ2n) is 3.78. The topological polar surface area (TPSA) is 35.8 Å². The molecule has 0 aromatic heterocycles. The van der Waals surface area contributed by atoms with Crippen LogP contribution >= 0.6 is 15.9 Å². The highest BCUT2D eigenvalue weighted by atomic mass is 79.9. The van der Waals surface area contributed by atoms with Crippen molar-refractivity contribution in [1.29, 1.82) is 5.26 Å². The van der Waals surface area contributed by atoms with E-state index in [0.29, 0.717) is 5.56 Å². The molecule has 0 radical (unpaired) electrons. The summed E-state index contributed by atoms with van der Waals surface area (Å²) in [5, 5.41) is 12.0. The molecule has 0 heterocycles. The van der Waals surface area contributed by atoms with Crippen molar-refractivity contribution in [2.24, 2.45) is 0 Å². The van der Waals surface area contributed by atoms with Gasteiger partial charge < -0.3 is 5.32 Å². The minimum atomic E-state index is 0.667. The zero-order chi connectivity index (χ0) is 12.3. The molecule has 0 aliphatic carbocycles. The Morgan fingerprint density at radius 3 is 2.29 bits per heavy atom. The van der Waals surface area contributed by atoms with E-state index in [2.05, 4.69) is 40.3 Å². The van der Waals surface area contributed by atoms with E-state index in [9.17, 15) is 0 Å². The van der Waals surface area contributed by atoms with E-state index in [4.69, 9.17) is 5.26 Å². The fourth-order valence-electron chi connectivity index (χ4n) is 1.47. The van der Waals surface area contributed by atoms with Gasteiger partial charge in [-0.25, -0.2) is 0 Å². The number of hydrogen-bond donors (Lipinski definition) is 1. The first-order valence-corrected chi connectivity index (χ1v) is 6.01. The van der Waals surface area contributed by atoms with Crippen molar-refractivity contribution in [3.63, 3.8) is 0 Å². The molecular formula is C14H11BrN2. The lowest BCUT2D eigenvalue weighted by atomic mass is 10.2. The van der Waals surface area contributed by atoms with Crippen LogP contribution < -0.4 is 5.32 Å². The number of halogens is 1. The van der Waals surface area contributed by atoms with Crippen LogP contribution in [0.3, 0.4) is 0 Å². The Bertz CT molecular complexity index is 568. The van der Waals surface area contributed by atoms with Crippen LogP contribution in [0.1, 0.15) is 11.1 Å². The number of hydrogen-bond acceptors (Lipinski definition) is 2. The van der Waals surface area contributed by atoms with E-state index in [1.54, 1.807) is 12.1 Å². The average Bonchev–Trinajstić information content (AvgIpc) is 2.35. The third-order valence-electron chi connectivity index (χ3n) is 2.47. The van der Waals surface area contributed by atoms with Gasteiger partial charge in [0, 0.05) is 15.8 Å². The summed E-state index contributed by atoms with van der Waals surface area (Å²) in [4.78, 5) is 0. The Morgan fingerprint density at radius 1 is 1.06 bits per heavy atom. The quantitative estimate of drug-likeness (QED) is 0.890. The van der Waals surface area contributed by atoms with E-state index < -0.39 is 0 Å². The largest absolute Gasteiger partial charge is 0.355 e. The highest BCUT2D eigenvalue weighted by Crippen LogP contribution is 2.23. The SMILES string of the molecule is Cc1ccc(Nc2ccc(C#N)cc2)cc1Br. The van der Waals surface area contributed by atoms with Gasteiger partial charge in [0.05, 0.1) is 11.6 Å². The van der Waals surface area contributed by atoms with Crippen molar-refractivity contribution in [3.8, 4) is 6.07 Å². The standard InChI is InChI=1S/C14H11BrN2/c1-10-2-5-13(8-14(10)15)17-12-6-3-11(9-16)4-7-12/h2-8,17H,1H3.